The van der Waals surface area contributed by atoms with Crippen LogP contribution in [0.2, 0.25) is 0 Å². The summed E-state index contributed by atoms with van der Waals surface area (Å²) in [6.07, 6.45) is 2.94. The number of amides is 2. The molecule has 0 fully saturated rings. The maximum atomic E-state index is 12.4. The monoisotopic (exact) mass is 469 g/mol. The first kappa shape index (κ1) is 25.4. The summed E-state index contributed by atoms with van der Waals surface area (Å²) >= 11 is 1.22. The number of allylic oxidation sites excluding steroid dienone is 1. The van der Waals surface area contributed by atoms with Gasteiger partial charge in [-0.1, -0.05) is 11.6 Å². The van der Waals surface area contributed by atoms with Gasteiger partial charge in [0.25, 0.3) is 0 Å². The van der Waals surface area contributed by atoms with Crippen LogP contribution in [-0.4, -0.2) is 76.2 Å². The summed E-state index contributed by atoms with van der Waals surface area (Å²) in [5.41, 5.74) is 7.88. The minimum Gasteiger partial charge on any atom is -0.480 e. The van der Waals surface area contributed by atoms with Crippen LogP contribution in [0.3, 0.4) is 0 Å². The van der Waals surface area contributed by atoms with Crippen molar-refractivity contribution < 1.29 is 38.9 Å². The van der Waals surface area contributed by atoms with Crippen molar-refractivity contribution in [1.82, 2.24) is 10.6 Å². The summed E-state index contributed by atoms with van der Waals surface area (Å²) in [4.78, 5) is 58.3. The topological polar surface area (TPSA) is 185 Å². The zero-order valence-corrected chi connectivity index (χ0v) is 18.4. The lowest BCUT2D eigenvalue weighted by molar-refractivity contribution is -0.140. The maximum Gasteiger partial charge on any atom is 0.335 e. The van der Waals surface area contributed by atoms with E-state index in [1.807, 2.05) is 13.0 Å². The molecule has 0 aromatic carbocycles. The van der Waals surface area contributed by atoms with E-state index in [0.29, 0.717) is 5.57 Å². The third kappa shape index (κ3) is 7.38. The Hall–Kier alpha value is -2.86. The molecule has 0 aromatic rings. The number of ether oxygens (including phenoxy) is 1. The van der Waals surface area contributed by atoms with Crippen molar-refractivity contribution in [2.75, 3.05) is 18.1 Å². The molecule has 0 saturated carbocycles. The Morgan fingerprint density at radius 3 is 2.69 bits per heavy atom. The van der Waals surface area contributed by atoms with Crippen LogP contribution < -0.4 is 16.4 Å². The van der Waals surface area contributed by atoms with Crippen molar-refractivity contribution >= 4 is 41.5 Å². The number of nitrogens with one attached hydrogen (secondary N) is 2. The van der Waals surface area contributed by atoms with Crippen molar-refractivity contribution in [3.63, 3.8) is 0 Å². The van der Waals surface area contributed by atoms with Gasteiger partial charge in [0.1, 0.15) is 24.7 Å². The van der Waals surface area contributed by atoms with Gasteiger partial charge in [-0.2, -0.15) is 11.8 Å². The standard InChI is InChI=1S/C20H27N3O8S/c1-10-2-4-15-11(6-10)12(20(30)31-15)8-32-9-14(18(27)22-7-17(25)26)23-16(24)5-3-13(21)19(28)29/h6,13-15H,2-5,7-9,21H2,1H3,(H,22,27)(H,23,24)(H,25,26)(H,28,29)/t13-,14-,15+/m1/s1. The van der Waals surface area contributed by atoms with Gasteiger partial charge in [0.2, 0.25) is 11.8 Å². The first-order chi connectivity index (χ1) is 15.1. The number of hydrogen-bond acceptors (Lipinski definition) is 8. The molecule has 2 rings (SSSR count). The fourth-order valence-electron chi connectivity index (χ4n) is 3.23. The van der Waals surface area contributed by atoms with Crippen LogP contribution in [0, 0.1) is 0 Å². The summed E-state index contributed by atoms with van der Waals surface area (Å²) in [5, 5.41) is 22.3. The SMILES string of the molecule is CC1=CC2=C(CSC[C@@H](NC(=O)CC[C@@H](N)C(=O)O)C(=O)NCC(=O)O)C(=O)O[C@H]2CC1. The second-order valence-corrected chi connectivity index (χ2v) is 8.62. The third-order valence-electron chi connectivity index (χ3n) is 4.99. The Labute approximate surface area is 188 Å². The van der Waals surface area contributed by atoms with Gasteiger partial charge in [-0.3, -0.25) is 19.2 Å². The van der Waals surface area contributed by atoms with Gasteiger partial charge in [-0.25, -0.2) is 4.79 Å². The minimum absolute atomic E-state index is 0.0690. The Balaban J connectivity index is 1.99. The molecule has 0 unspecified atom stereocenters. The molecule has 2 amide bonds. The number of rotatable bonds is 12. The number of hydrogen-bond donors (Lipinski definition) is 5. The number of esters is 1. The van der Waals surface area contributed by atoms with Gasteiger partial charge in [-0.05, 0) is 26.2 Å². The molecule has 1 aliphatic carbocycles. The molecule has 2 aliphatic rings. The molecule has 3 atom stereocenters. The van der Waals surface area contributed by atoms with Crippen molar-refractivity contribution in [1.29, 1.82) is 0 Å². The van der Waals surface area contributed by atoms with Crippen molar-refractivity contribution in [3.05, 3.63) is 22.8 Å². The van der Waals surface area contributed by atoms with E-state index in [9.17, 15) is 24.0 Å². The average molecular weight is 470 g/mol. The highest BCUT2D eigenvalue weighted by molar-refractivity contribution is 7.99. The summed E-state index contributed by atoms with van der Waals surface area (Å²) in [6.45, 7) is 1.36. The highest BCUT2D eigenvalue weighted by Crippen LogP contribution is 2.34. The van der Waals surface area contributed by atoms with E-state index in [4.69, 9.17) is 20.7 Å². The van der Waals surface area contributed by atoms with Crippen LogP contribution in [0.4, 0.5) is 0 Å². The number of aliphatic carboxylic acids is 2. The van der Waals surface area contributed by atoms with Crippen LogP contribution in [0.5, 0.6) is 0 Å². The molecule has 0 aromatic heterocycles. The van der Waals surface area contributed by atoms with E-state index < -0.39 is 48.4 Å². The third-order valence-corrected chi connectivity index (χ3v) is 6.05. The van der Waals surface area contributed by atoms with Gasteiger partial charge >= 0.3 is 17.9 Å². The quantitative estimate of drug-likeness (QED) is 0.235. The van der Waals surface area contributed by atoms with Crippen LogP contribution in [-0.2, 0) is 28.7 Å². The van der Waals surface area contributed by atoms with Crippen LogP contribution in [0.25, 0.3) is 0 Å². The van der Waals surface area contributed by atoms with Crippen LogP contribution in [0.1, 0.15) is 32.6 Å². The fourth-order valence-corrected chi connectivity index (χ4v) is 4.31. The zero-order chi connectivity index (χ0) is 23.8. The van der Waals surface area contributed by atoms with Gasteiger partial charge in [0.05, 0.1) is 5.57 Å². The van der Waals surface area contributed by atoms with E-state index in [0.717, 1.165) is 24.0 Å². The summed E-state index contributed by atoms with van der Waals surface area (Å²) < 4.78 is 5.39. The van der Waals surface area contributed by atoms with E-state index in [2.05, 4.69) is 10.6 Å². The molecule has 32 heavy (non-hydrogen) atoms. The number of nitrogens with two attached hydrogens (primary N) is 1. The average Bonchev–Trinajstić information content (AvgIpc) is 3.03. The molecule has 12 heteroatoms. The van der Waals surface area contributed by atoms with Crippen molar-refractivity contribution in [3.8, 4) is 0 Å². The molecule has 1 heterocycles. The molecule has 0 bridgehead atoms. The number of thioether (sulfide) groups is 1. The molecule has 1 aliphatic heterocycles. The van der Waals surface area contributed by atoms with Gasteiger partial charge in [-0.15, -0.1) is 0 Å². The Kier molecular flexibility index (Phi) is 9.27. The lowest BCUT2D eigenvalue weighted by Crippen LogP contribution is -2.49. The Morgan fingerprint density at radius 2 is 2.03 bits per heavy atom. The molecular weight excluding hydrogens is 442 g/mol. The summed E-state index contributed by atoms with van der Waals surface area (Å²) in [6, 6.07) is -2.29. The lowest BCUT2D eigenvalue weighted by Gasteiger charge is -2.18. The lowest BCUT2D eigenvalue weighted by atomic mass is 9.92. The Bertz CT molecular complexity index is 854. The maximum absolute atomic E-state index is 12.4. The first-order valence-corrected chi connectivity index (χ1v) is 11.2. The molecule has 0 spiro atoms. The predicted molar refractivity (Wildman–Crippen MR) is 115 cm³/mol. The first-order valence-electron chi connectivity index (χ1n) is 10.0. The molecule has 0 radical (unpaired) electrons. The molecular formula is C20H27N3O8S. The zero-order valence-electron chi connectivity index (χ0n) is 17.6. The second kappa shape index (κ2) is 11.7. The van der Waals surface area contributed by atoms with Crippen molar-refractivity contribution in [2.24, 2.45) is 5.73 Å². The fraction of sp³-hybridized carbons (Fsp3) is 0.550. The molecule has 176 valence electrons. The van der Waals surface area contributed by atoms with E-state index >= 15 is 0 Å². The summed E-state index contributed by atoms with van der Waals surface area (Å²) in [5.74, 6) is -3.85. The van der Waals surface area contributed by atoms with Gasteiger partial charge in [0, 0.05) is 23.5 Å². The van der Waals surface area contributed by atoms with Gasteiger partial charge < -0.3 is 31.3 Å². The number of carboxylic acids is 2. The number of fused-ring (bicyclic) bond motifs is 1. The largest absolute Gasteiger partial charge is 0.480 e. The normalized spacial score (nSPS) is 19.4. The van der Waals surface area contributed by atoms with Crippen molar-refractivity contribution in [2.45, 2.75) is 50.8 Å². The van der Waals surface area contributed by atoms with Crippen LogP contribution >= 0.6 is 11.8 Å². The minimum atomic E-state index is -1.24. The molecule has 11 nitrogen and oxygen atoms in total. The highest BCUT2D eigenvalue weighted by Gasteiger charge is 2.34. The van der Waals surface area contributed by atoms with Crippen LogP contribution in [0.15, 0.2) is 22.8 Å². The number of carbonyl (C=O) groups is 5. The van der Waals surface area contributed by atoms with E-state index in [1.54, 1.807) is 0 Å². The Morgan fingerprint density at radius 1 is 1.31 bits per heavy atom. The summed E-state index contributed by atoms with van der Waals surface area (Å²) in [7, 11) is 0. The highest BCUT2D eigenvalue weighted by atomic mass is 32.2. The smallest absolute Gasteiger partial charge is 0.335 e. The number of carboxylic acid groups (broad SMARTS) is 2. The molecule has 6 N–H and O–H groups in total. The van der Waals surface area contributed by atoms with E-state index in [-0.39, 0.29) is 30.5 Å². The number of carbonyl (C=O) groups excluding carboxylic acids is 3. The second-order valence-electron chi connectivity index (χ2n) is 7.59. The van der Waals surface area contributed by atoms with E-state index in [1.165, 1.54) is 11.8 Å². The predicted octanol–water partition coefficient (Wildman–Crippen LogP) is -0.441. The van der Waals surface area contributed by atoms with Gasteiger partial charge in [0.15, 0.2) is 0 Å². The molecule has 0 saturated heterocycles.